The third-order valence-corrected chi connectivity index (χ3v) is 4.39. The molecule has 130 valence electrons. The summed E-state index contributed by atoms with van der Waals surface area (Å²) in [6.07, 6.45) is 1.79. The lowest BCUT2D eigenvalue weighted by molar-refractivity contribution is 0.215. The maximum absolute atomic E-state index is 12.2. The van der Waals surface area contributed by atoms with Crippen molar-refractivity contribution in [1.82, 2.24) is 10.6 Å². The first-order chi connectivity index (χ1) is 11.9. The van der Waals surface area contributed by atoms with Crippen molar-refractivity contribution in [1.29, 1.82) is 0 Å². The van der Waals surface area contributed by atoms with Crippen molar-refractivity contribution in [3.8, 4) is 11.8 Å². The number of urea groups is 1. The van der Waals surface area contributed by atoms with Gasteiger partial charge < -0.3 is 15.1 Å². The molecule has 2 amide bonds. The third-order valence-electron chi connectivity index (χ3n) is 4.39. The zero-order chi connectivity index (χ0) is 17.9. The summed E-state index contributed by atoms with van der Waals surface area (Å²) in [5.74, 6) is 7.88. The van der Waals surface area contributed by atoms with E-state index in [-0.39, 0.29) is 17.5 Å². The topological polar surface area (TPSA) is 54.3 Å². The molecule has 0 bridgehead atoms. The van der Waals surface area contributed by atoms with Crippen molar-refractivity contribution in [2.45, 2.75) is 39.7 Å². The molecule has 4 nitrogen and oxygen atoms in total. The second kappa shape index (κ2) is 7.06. The Morgan fingerprint density at radius 3 is 2.84 bits per heavy atom. The molecule has 25 heavy (non-hydrogen) atoms. The van der Waals surface area contributed by atoms with Crippen LogP contribution in [0.15, 0.2) is 40.8 Å². The van der Waals surface area contributed by atoms with E-state index in [1.54, 1.807) is 0 Å². The second-order valence-electron chi connectivity index (χ2n) is 7.33. The Kier molecular flexibility index (Phi) is 4.85. The van der Waals surface area contributed by atoms with Gasteiger partial charge in [-0.25, -0.2) is 4.79 Å². The van der Waals surface area contributed by atoms with Crippen LogP contribution >= 0.6 is 0 Å². The molecular formula is C21H24N2O2. The molecule has 0 fully saturated rings. The monoisotopic (exact) mass is 336 g/mol. The largest absolute Gasteiger partial charge is 0.466 e. The van der Waals surface area contributed by atoms with Crippen LogP contribution in [-0.4, -0.2) is 12.6 Å². The number of benzene rings is 1. The molecule has 0 saturated carbocycles. The zero-order valence-corrected chi connectivity index (χ0v) is 15.0. The number of rotatable bonds is 2. The lowest BCUT2D eigenvalue weighted by Crippen LogP contribution is -2.41. The van der Waals surface area contributed by atoms with Crippen LogP contribution < -0.4 is 10.6 Å². The Bertz CT molecular complexity index is 809. The summed E-state index contributed by atoms with van der Waals surface area (Å²) >= 11 is 0. The number of amides is 2. The maximum atomic E-state index is 12.2. The molecule has 0 aliphatic heterocycles. The van der Waals surface area contributed by atoms with Crippen molar-refractivity contribution >= 4 is 6.03 Å². The fourth-order valence-electron chi connectivity index (χ4n) is 3.31. The van der Waals surface area contributed by atoms with Gasteiger partial charge in [0.1, 0.15) is 11.5 Å². The van der Waals surface area contributed by atoms with Crippen molar-refractivity contribution in [2.24, 2.45) is 5.41 Å². The quantitative estimate of drug-likeness (QED) is 0.816. The molecule has 1 heterocycles. The number of nitrogens with one attached hydrogen (secondary N) is 2. The summed E-state index contributed by atoms with van der Waals surface area (Å²) in [6, 6.07) is 11.5. The van der Waals surface area contributed by atoms with E-state index in [1.165, 1.54) is 0 Å². The summed E-state index contributed by atoms with van der Waals surface area (Å²) in [5, 5.41) is 5.88. The number of carbonyl (C=O) groups excluding carboxylic acids is 1. The second-order valence-corrected chi connectivity index (χ2v) is 7.33. The average molecular weight is 336 g/mol. The van der Waals surface area contributed by atoms with Gasteiger partial charge in [0.05, 0.1) is 12.6 Å². The molecule has 0 unspecified atom stereocenters. The molecule has 4 heteroatoms. The van der Waals surface area contributed by atoms with Gasteiger partial charge in [0, 0.05) is 17.5 Å². The number of hydrogen-bond donors (Lipinski definition) is 2. The van der Waals surface area contributed by atoms with Gasteiger partial charge >= 0.3 is 6.03 Å². The average Bonchev–Trinajstić information content (AvgIpc) is 2.91. The summed E-state index contributed by atoms with van der Waals surface area (Å²) < 4.78 is 5.81. The molecule has 1 atom stereocenters. The molecule has 2 aromatic rings. The molecular weight excluding hydrogens is 312 g/mol. The van der Waals surface area contributed by atoms with Crippen LogP contribution in [0.5, 0.6) is 0 Å². The number of carbonyl (C=O) groups is 1. The molecule has 0 radical (unpaired) electrons. The predicted octanol–water partition coefficient (Wildman–Crippen LogP) is 3.95. The normalized spacial score (nSPS) is 17.8. The Labute approximate surface area is 149 Å². The highest BCUT2D eigenvalue weighted by atomic mass is 16.3. The lowest BCUT2D eigenvalue weighted by Gasteiger charge is -2.34. The highest BCUT2D eigenvalue weighted by Crippen LogP contribution is 2.41. The first kappa shape index (κ1) is 17.2. The van der Waals surface area contributed by atoms with E-state index in [2.05, 4.69) is 36.3 Å². The molecule has 1 aromatic carbocycles. The fraction of sp³-hybridized carbons (Fsp3) is 0.381. The Morgan fingerprint density at radius 2 is 2.08 bits per heavy atom. The van der Waals surface area contributed by atoms with Crippen LogP contribution in [0.1, 0.15) is 49.0 Å². The number of fused-ring (bicyclic) bond motifs is 1. The molecule has 0 saturated heterocycles. The van der Waals surface area contributed by atoms with Crippen LogP contribution in [0.4, 0.5) is 4.79 Å². The zero-order valence-electron chi connectivity index (χ0n) is 15.0. The maximum Gasteiger partial charge on any atom is 0.316 e. The number of aryl methyl sites for hydroxylation is 1. The standard InChI is InChI=1S/C21H24N2O2/c1-15-12-17-18(13-21(2,3)14-19(17)25-15)23-20(24)22-11-7-10-16-8-5-4-6-9-16/h4-6,8-9,12,18H,11,13-14H2,1-3H3,(H2,22,23,24)/t18-/m0/s1. The van der Waals surface area contributed by atoms with Crippen LogP contribution in [0.3, 0.4) is 0 Å². The van der Waals surface area contributed by atoms with E-state index in [0.29, 0.717) is 6.54 Å². The fourth-order valence-corrected chi connectivity index (χ4v) is 3.31. The summed E-state index contributed by atoms with van der Waals surface area (Å²) in [6.45, 7) is 6.66. The molecule has 0 spiro atoms. The van der Waals surface area contributed by atoms with Crippen molar-refractivity contribution in [3.63, 3.8) is 0 Å². The van der Waals surface area contributed by atoms with Gasteiger partial charge in [0.2, 0.25) is 0 Å². The minimum atomic E-state index is -0.199. The van der Waals surface area contributed by atoms with Gasteiger partial charge in [0.15, 0.2) is 0 Å². The van der Waals surface area contributed by atoms with Crippen molar-refractivity contribution in [3.05, 3.63) is 59.0 Å². The van der Waals surface area contributed by atoms with Gasteiger partial charge in [-0.15, -0.1) is 0 Å². The minimum absolute atomic E-state index is 0.0294. The van der Waals surface area contributed by atoms with Crippen LogP contribution in [0, 0.1) is 24.2 Å². The predicted molar refractivity (Wildman–Crippen MR) is 98.1 cm³/mol. The smallest absolute Gasteiger partial charge is 0.316 e. The molecule has 2 N–H and O–H groups in total. The number of furan rings is 1. The lowest BCUT2D eigenvalue weighted by atomic mass is 9.75. The highest BCUT2D eigenvalue weighted by molar-refractivity contribution is 5.74. The molecule has 1 aliphatic rings. The molecule has 1 aromatic heterocycles. The highest BCUT2D eigenvalue weighted by Gasteiger charge is 2.35. The van der Waals surface area contributed by atoms with Crippen molar-refractivity contribution in [2.75, 3.05) is 6.54 Å². The van der Waals surface area contributed by atoms with E-state index in [4.69, 9.17) is 4.42 Å². The van der Waals surface area contributed by atoms with E-state index < -0.39 is 0 Å². The Morgan fingerprint density at radius 1 is 1.32 bits per heavy atom. The molecule has 3 rings (SSSR count). The van der Waals surface area contributed by atoms with Gasteiger partial charge in [-0.05, 0) is 37.0 Å². The van der Waals surface area contributed by atoms with Crippen molar-refractivity contribution < 1.29 is 9.21 Å². The van der Waals surface area contributed by atoms with E-state index >= 15 is 0 Å². The first-order valence-electron chi connectivity index (χ1n) is 8.60. The van der Waals surface area contributed by atoms with Gasteiger partial charge in [-0.1, -0.05) is 43.9 Å². The summed E-state index contributed by atoms with van der Waals surface area (Å²) in [5.41, 5.74) is 2.14. The van der Waals surface area contributed by atoms with Crippen LogP contribution in [0.25, 0.3) is 0 Å². The number of hydrogen-bond acceptors (Lipinski definition) is 2. The van der Waals surface area contributed by atoms with E-state index in [0.717, 1.165) is 35.5 Å². The molecule has 1 aliphatic carbocycles. The van der Waals surface area contributed by atoms with Gasteiger partial charge in [-0.3, -0.25) is 0 Å². The Balaban J connectivity index is 1.58. The Hall–Kier alpha value is -2.67. The first-order valence-corrected chi connectivity index (χ1v) is 8.60. The van der Waals surface area contributed by atoms with E-state index in [9.17, 15) is 4.79 Å². The third kappa shape index (κ3) is 4.45. The summed E-state index contributed by atoms with van der Waals surface area (Å²) in [7, 11) is 0. The van der Waals surface area contributed by atoms with Gasteiger partial charge in [-0.2, -0.15) is 0 Å². The SMILES string of the molecule is Cc1cc2c(o1)CC(C)(C)C[C@@H]2NC(=O)NCC#Cc1ccccc1. The summed E-state index contributed by atoms with van der Waals surface area (Å²) in [4.78, 5) is 12.2. The van der Waals surface area contributed by atoms with Crippen LogP contribution in [0.2, 0.25) is 0 Å². The van der Waals surface area contributed by atoms with Gasteiger partial charge in [0.25, 0.3) is 0 Å². The van der Waals surface area contributed by atoms with E-state index in [1.807, 2.05) is 43.3 Å². The van der Waals surface area contributed by atoms with Crippen LogP contribution in [-0.2, 0) is 6.42 Å². The minimum Gasteiger partial charge on any atom is -0.466 e.